The average molecular weight is 268 g/mol. The molecule has 1 heterocycles. The largest absolute Gasteiger partial charge is 0.477 e. The highest BCUT2D eigenvalue weighted by Gasteiger charge is 2.10. The topological polar surface area (TPSA) is 79.3 Å². The summed E-state index contributed by atoms with van der Waals surface area (Å²) in [5, 5.41) is 12.0. The van der Waals surface area contributed by atoms with Crippen LogP contribution < -0.4 is 5.32 Å². The number of carboxylic acids is 1. The summed E-state index contributed by atoms with van der Waals surface area (Å²) in [6, 6.07) is 2.77. The third kappa shape index (κ3) is 4.37. The number of thioether (sulfide) groups is 1. The van der Waals surface area contributed by atoms with Gasteiger partial charge in [0.25, 0.3) is 5.91 Å². The lowest BCUT2D eigenvalue weighted by molar-refractivity contribution is 0.0690. The number of nitrogens with zero attached hydrogens (tertiary/aromatic N) is 1. The van der Waals surface area contributed by atoms with E-state index in [4.69, 9.17) is 5.11 Å². The Morgan fingerprint density at radius 1 is 1.56 bits per heavy atom. The van der Waals surface area contributed by atoms with Gasteiger partial charge in [0.2, 0.25) is 0 Å². The Kier molecular flexibility index (Phi) is 5.64. The van der Waals surface area contributed by atoms with Crippen LogP contribution in [0.1, 0.15) is 34.2 Å². The molecule has 18 heavy (non-hydrogen) atoms. The normalized spacial score (nSPS) is 11.9. The van der Waals surface area contributed by atoms with Crippen molar-refractivity contribution in [3.8, 4) is 0 Å². The van der Waals surface area contributed by atoms with Crippen LogP contribution in [0.25, 0.3) is 0 Å². The number of rotatable bonds is 6. The number of hydrogen-bond donors (Lipinski definition) is 2. The van der Waals surface area contributed by atoms with Crippen LogP contribution >= 0.6 is 11.8 Å². The van der Waals surface area contributed by atoms with E-state index < -0.39 is 5.97 Å². The van der Waals surface area contributed by atoms with E-state index in [0.29, 0.717) is 17.4 Å². The molecule has 0 saturated carbocycles. The minimum atomic E-state index is -1.14. The molecule has 1 unspecified atom stereocenters. The van der Waals surface area contributed by atoms with Crippen molar-refractivity contribution < 1.29 is 14.7 Å². The number of pyridine rings is 1. The first kappa shape index (κ1) is 14.5. The molecule has 0 radical (unpaired) electrons. The van der Waals surface area contributed by atoms with Gasteiger partial charge in [0.15, 0.2) is 0 Å². The monoisotopic (exact) mass is 268 g/mol. The first-order chi connectivity index (χ1) is 8.54. The highest BCUT2D eigenvalue weighted by molar-refractivity contribution is 7.99. The number of carboxylic acid groups (broad SMARTS) is 1. The molecule has 0 spiro atoms. The van der Waals surface area contributed by atoms with Crippen LogP contribution in [0.15, 0.2) is 18.3 Å². The Labute approximate surface area is 110 Å². The van der Waals surface area contributed by atoms with Crippen LogP contribution in [0.3, 0.4) is 0 Å². The molecule has 0 aliphatic heterocycles. The molecule has 0 bridgehead atoms. The third-order valence-corrected chi connectivity index (χ3v) is 3.52. The van der Waals surface area contributed by atoms with Gasteiger partial charge in [-0.15, -0.1) is 0 Å². The lowest BCUT2D eigenvalue weighted by Gasteiger charge is -2.09. The Bertz CT molecular complexity index is 437. The van der Waals surface area contributed by atoms with Crippen LogP contribution in [-0.2, 0) is 0 Å². The number of nitrogens with one attached hydrogen (secondary N) is 1. The molecule has 2 N–H and O–H groups in total. The van der Waals surface area contributed by atoms with Crippen molar-refractivity contribution in [2.75, 3.05) is 12.8 Å². The lowest BCUT2D eigenvalue weighted by Crippen LogP contribution is -2.26. The smallest absolute Gasteiger partial charge is 0.354 e. The zero-order chi connectivity index (χ0) is 13.5. The standard InChI is InChI=1S/C12H16N2O3S/c1-8(18-2)3-5-14-11(15)9-4-6-13-10(7-9)12(16)17/h4,6-8H,3,5H2,1-2H3,(H,14,15)(H,16,17). The van der Waals surface area contributed by atoms with E-state index in [2.05, 4.69) is 17.2 Å². The highest BCUT2D eigenvalue weighted by atomic mass is 32.2. The summed E-state index contributed by atoms with van der Waals surface area (Å²) in [5.41, 5.74) is 0.194. The second-order valence-corrected chi connectivity index (χ2v) is 5.10. The first-order valence-corrected chi connectivity index (χ1v) is 6.83. The van der Waals surface area contributed by atoms with Gasteiger partial charge in [-0.1, -0.05) is 6.92 Å². The van der Waals surface area contributed by atoms with Crippen LogP contribution in [0.4, 0.5) is 0 Å². The van der Waals surface area contributed by atoms with E-state index in [1.807, 2.05) is 6.26 Å². The second kappa shape index (κ2) is 7.00. The fourth-order valence-electron chi connectivity index (χ4n) is 1.30. The molecule has 0 aromatic carbocycles. The summed E-state index contributed by atoms with van der Waals surface area (Å²) in [6.07, 6.45) is 4.22. The number of aromatic nitrogens is 1. The van der Waals surface area contributed by atoms with Gasteiger partial charge in [-0.2, -0.15) is 11.8 Å². The van der Waals surface area contributed by atoms with E-state index in [1.54, 1.807) is 11.8 Å². The van der Waals surface area contributed by atoms with E-state index in [-0.39, 0.29) is 11.6 Å². The van der Waals surface area contributed by atoms with Gasteiger partial charge < -0.3 is 10.4 Å². The molecule has 0 aliphatic carbocycles. The van der Waals surface area contributed by atoms with Gasteiger partial charge in [0, 0.05) is 23.6 Å². The van der Waals surface area contributed by atoms with Crippen LogP contribution in [0.5, 0.6) is 0 Å². The molecule has 0 saturated heterocycles. The molecule has 0 fully saturated rings. The van der Waals surface area contributed by atoms with Crippen molar-refractivity contribution in [1.29, 1.82) is 0 Å². The van der Waals surface area contributed by atoms with Crippen molar-refractivity contribution in [2.45, 2.75) is 18.6 Å². The van der Waals surface area contributed by atoms with Crippen molar-refractivity contribution in [2.24, 2.45) is 0 Å². The zero-order valence-electron chi connectivity index (χ0n) is 10.3. The summed E-state index contributed by atoms with van der Waals surface area (Å²) in [6.45, 7) is 2.66. The summed E-state index contributed by atoms with van der Waals surface area (Å²) in [5.74, 6) is -1.41. The van der Waals surface area contributed by atoms with Gasteiger partial charge >= 0.3 is 5.97 Å². The fourth-order valence-corrected chi connectivity index (χ4v) is 1.65. The van der Waals surface area contributed by atoms with E-state index >= 15 is 0 Å². The lowest BCUT2D eigenvalue weighted by atomic mass is 10.2. The minimum absolute atomic E-state index is 0.125. The van der Waals surface area contributed by atoms with Crippen molar-refractivity contribution >= 4 is 23.6 Å². The molecular formula is C12H16N2O3S. The average Bonchev–Trinajstić information content (AvgIpc) is 2.38. The molecule has 98 valence electrons. The molecular weight excluding hydrogens is 252 g/mol. The Hall–Kier alpha value is -1.56. The van der Waals surface area contributed by atoms with Gasteiger partial charge in [-0.25, -0.2) is 9.78 Å². The summed E-state index contributed by atoms with van der Waals surface area (Å²) >= 11 is 1.74. The maximum absolute atomic E-state index is 11.8. The van der Waals surface area contributed by atoms with Gasteiger partial charge in [0.1, 0.15) is 5.69 Å². The Morgan fingerprint density at radius 2 is 2.28 bits per heavy atom. The Morgan fingerprint density at radius 3 is 2.89 bits per heavy atom. The number of aromatic carboxylic acids is 1. The van der Waals surface area contributed by atoms with E-state index in [9.17, 15) is 9.59 Å². The zero-order valence-corrected chi connectivity index (χ0v) is 11.2. The fraction of sp³-hybridized carbons (Fsp3) is 0.417. The predicted octanol–water partition coefficient (Wildman–Crippen LogP) is 1.65. The second-order valence-electron chi connectivity index (χ2n) is 3.83. The predicted molar refractivity (Wildman–Crippen MR) is 71.1 cm³/mol. The number of hydrogen-bond acceptors (Lipinski definition) is 4. The van der Waals surface area contributed by atoms with Crippen molar-refractivity contribution in [3.63, 3.8) is 0 Å². The SMILES string of the molecule is CSC(C)CCNC(=O)c1ccnc(C(=O)O)c1. The molecule has 1 atom stereocenters. The van der Waals surface area contributed by atoms with Gasteiger partial charge in [0.05, 0.1) is 0 Å². The van der Waals surface area contributed by atoms with Crippen molar-refractivity contribution in [3.05, 3.63) is 29.6 Å². The third-order valence-electron chi connectivity index (χ3n) is 2.48. The van der Waals surface area contributed by atoms with Crippen LogP contribution in [0.2, 0.25) is 0 Å². The Balaban J connectivity index is 2.56. The number of carbonyl (C=O) groups is 2. The molecule has 1 amide bonds. The summed E-state index contributed by atoms with van der Waals surface area (Å²) in [7, 11) is 0. The number of amides is 1. The quantitative estimate of drug-likeness (QED) is 0.820. The van der Waals surface area contributed by atoms with Gasteiger partial charge in [-0.3, -0.25) is 4.79 Å². The van der Waals surface area contributed by atoms with E-state index in [0.717, 1.165) is 6.42 Å². The summed E-state index contributed by atoms with van der Waals surface area (Å²) in [4.78, 5) is 26.1. The molecule has 1 aromatic heterocycles. The maximum Gasteiger partial charge on any atom is 0.354 e. The molecule has 0 aliphatic rings. The van der Waals surface area contributed by atoms with Crippen LogP contribution in [-0.4, -0.2) is 40.0 Å². The molecule has 6 heteroatoms. The maximum atomic E-state index is 11.8. The molecule has 5 nitrogen and oxygen atoms in total. The highest BCUT2D eigenvalue weighted by Crippen LogP contribution is 2.08. The molecule has 1 aromatic rings. The summed E-state index contributed by atoms with van der Waals surface area (Å²) < 4.78 is 0. The molecule has 1 rings (SSSR count). The van der Waals surface area contributed by atoms with Crippen molar-refractivity contribution in [1.82, 2.24) is 10.3 Å². The van der Waals surface area contributed by atoms with Crippen LogP contribution in [0, 0.1) is 0 Å². The van der Waals surface area contributed by atoms with E-state index in [1.165, 1.54) is 18.3 Å². The first-order valence-electron chi connectivity index (χ1n) is 5.55. The number of carbonyl (C=O) groups excluding carboxylic acids is 1. The van der Waals surface area contributed by atoms with Gasteiger partial charge in [-0.05, 0) is 24.8 Å². The minimum Gasteiger partial charge on any atom is -0.477 e.